The Hall–Kier alpha value is -3.47. The van der Waals surface area contributed by atoms with Crippen molar-refractivity contribution in [1.82, 2.24) is 5.32 Å². The Bertz CT molecular complexity index is 937. The molecule has 1 N–H and O–H groups in total. The fourth-order valence-corrected chi connectivity index (χ4v) is 2.95. The lowest BCUT2D eigenvalue weighted by Gasteiger charge is -2.14. The molecule has 3 aromatic carbocycles. The zero-order chi connectivity index (χ0) is 19.9. The summed E-state index contributed by atoms with van der Waals surface area (Å²) < 4.78 is 16.0. The van der Waals surface area contributed by atoms with E-state index in [1.807, 2.05) is 54.6 Å². The van der Waals surface area contributed by atoms with E-state index in [4.69, 9.17) is 14.2 Å². The molecule has 3 aromatic rings. The molecular weight excluding hydrogens is 354 g/mol. The largest absolute Gasteiger partial charge is 0.496 e. The van der Waals surface area contributed by atoms with Gasteiger partial charge in [-0.05, 0) is 29.3 Å². The topological polar surface area (TPSA) is 56.8 Å². The van der Waals surface area contributed by atoms with Gasteiger partial charge in [-0.25, -0.2) is 0 Å². The maximum atomic E-state index is 12.5. The van der Waals surface area contributed by atoms with Crippen molar-refractivity contribution < 1.29 is 19.0 Å². The van der Waals surface area contributed by atoms with E-state index < -0.39 is 0 Å². The summed E-state index contributed by atoms with van der Waals surface area (Å²) in [6.07, 6.45) is 0. The predicted octanol–water partition coefficient (Wildman–Crippen LogP) is 4.31. The van der Waals surface area contributed by atoms with Crippen LogP contribution in [0, 0.1) is 0 Å². The Kier molecular flexibility index (Phi) is 6.17. The summed E-state index contributed by atoms with van der Waals surface area (Å²) in [5.41, 5.74) is 3.58. The third-order valence-corrected chi connectivity index (χ3v) is 4.48. The molecule has 0 saturated carbocycles. The molecular formula is C23H23NO4. The molecule has 0 bridgehead atoms. The number of methoxy groups -OCH3 is 3. The van der Waals surface area contributed by atoms with Crippen LogP contribution >= 0.6 is 0 Å². The van der Waals surface area contributed by atoms with Crippen LogP contribution in [-0.4, -0.2) is 27.2 Å². The maximum Gasteiger partial charge on any atom is 0.251 e. The molecule has 0 aromatic heterocycles. The van der Waals surface area contributed by atoms with Crippen molar-refractivity contribution in [3.05, 3.63) is 77.9 Å². The highest BCUT2D eigenvalue weighted by atomic mass is 16.5. The minimum absolute atomic E-state index is 0.156. The van der Waals surface area contributed by atoms with E-state index in [0.29, 0.717) is 29.4 Å². The molecule has 0 aliphatic rings. The van der Waals surface area contributed by atoms with Crippen LogP contribution in [0.25, 0.3) is 11.1 Å². The number of benzene rings is 3. The standard InChI is InChI=1S/C23H23NO4/c1-26-20-14-22(28-3)21(27-2)13-19(20)15-24-23(25)18-11-9-17(10-12-18)16-7-5-4-6-8-16/h4-14H,15H2,1-3H3,(H,24,25). The second kappa shape index (κ2) is 8.95. The SMILES string of the molecule is COc1cc(OC)c(OC)cc1CNC(=O)c1ccc(-c2ccccc2)cc1. The Morgan fingerprint density at radius 3 is 1.93 bits per heavy atom. The smallest absolute Gasteiger partial charge is 0.251 e. The highest BCUT2D eigenvalue weighted by Crippen LogP contribution is 2.34. The highest BCUT2D eigenvalue weighted by Gasteiger charge is 2.13. The van der Waals surface area contributed by atoms with Crippen LogP contribution in [0.4, 0.5) is 0 Å². The van der Waals surface area contributed by atoms with Gasteiger partial charge in [-0.15, -0.1) is 0 Å². The molecule has 1 amide bonds. The molecule has 0 saturated heterocycles. The first-order chi connectivity index (χ1) is 13.7. The highest BCUT2D eigenvalue weighted by molar-refractivity contribution is 5.94. The summed E-state index contributed by atoms with van der Waals surface area (Å²) in [6.45, 7) is 0.308. The number of rotatable bonds is 7. The molecule has 0 fully saturated rings. The minimum Gasteiger partial charge on any atom is -0.496 e. The third-order valence-electron chi connectivity index (χ3n) is 4.48. The average Bonchev–Trinajstić information content (AvgIpc) is 2.77. The molecule has 0 heterocycles. The van der Waals surface area contributed by atoms with Crippen LogP contribution in [0.1, 0.15) is 15.9 Å². The van der Waals surface area contributed by atoms with Crippen molar-refractivity contribution in [2.75, 3.05) is 21.3 Å². The number of hydrogen-bond acceptors (Lipinski definition) is 4. The number of amides is 1. The van der Waals surface area contributed by atoms with Gasteiger partial charge in [-0.2, -0.15) is 0 Å². The summed E-state index contributed by atoms with van der Waals surface area (Å²) in [6, 6.07) is 21.1. The van der Waals surface area contributed by atoms with Gasteiger partial charge in [0.2, 0.25) is 0 Å². The van der Waals surface area contributed by atoms with Gasteiger partial charge in [0.15, 0.2) is 11.5 Å². The van der Waals surface area contributed by atoms with Crippen molar-refractivity contribution in [1.29, 1.82) is 0 Å². The molecule has 0 aliphatic carbocycles. The molecule has 0 atom stereocenters. The second-order valence-corrected chi connectivity index (χ2v) is 6.15. The lowest BCUT2D eigenvalue weighted by atomic mass is 10.0. The van der Waals surface area contributed by atoms with Crippen LogP contribution < -0.4 is 19.5 Å². The molecule has 28 heavy (non-hydrogen) atoms. The molecule has 0 spiro atoms. The lowest BCUT2D eigenvalue weighted by molar-refractivity contribution is 0.0950. The Morgan fingerprint density at radius 2 is 1.32 bits per heavy atom. The van der Waals surface area contributed by atoms with Crippen molar-refractivity contribution in [2.24, 2.45) is 0 Å². The van der Waals surface area contributed by atoms with Crippen molar-refractivity contribution in [3.8, 4) is 28.4 Å². The fraction of sp³-hybridized carbons (Fsp3) is 0.174. The van der Waals surface area contributed by atoms with E-state index in [2.05, 4.69) is 5.32 Å². The molecule has 5 nitrogen and oxygen atoms in total. The fourth-order valence-electron chi connectivity index (χ4n) is 2.95. The van der Waals surface area contributed by atoms with Gasteiger partial charge in [0.05, 0.1) is 21.3 Å². The summed E-state index contributed by atoms with van der Waals surface area (Å²) in [4.78, 5) is 12.5. The quantitative estimate of drug-likeness (QED) is 0.667. The Balaban J connectivity index is 1.72. The first-order valence-electron chi connectivity index (χ1n) is 8.89. The lowest BCUT2D eigenvalue weighted by Crippen LogP contribution is -2.23. The van der Waals surface area contributed by atoms with Crippen LogP contribution in [0.15, 0.2) is 66.7 Å². The van der Waals surface area contributed by atoms with Gasteiger partial charge >= 0.3 is 0 Å². The molecule has 0 aliphatic heterocycles. The van der Waals surface area contributed by atoms with E-state index in [1.165, 1.54) is 0 Å². The summed E-state index contributed by atoms with van der Waals surface area (Å²) in [5.74, 6) is 1.62. The van der Waals surface area contributed by atoms with E-state index in [0.717, 1.165) is 16.7 Å². The average molecular weight is 377 g/mol. The normalized spacial score (nSPS) is 10.2. The van der Waals surface area contributed by atoms with Gasteiger partial charge < -0.3 is 19.5 Å². The van der Waals surface area contributed by atoms with E-state index >= 15 is 0 Å². The van der Waals surface area contributed by atoms with Crippen LogP contribution in [0.3, 0.4) is 0 Å². The van der Waals surface area contributed by atoms with E-state index in [1.54, 1.807) is 33.5 Å². The molecule has 144 valence electrons. The predicted molar refractivity (Wildman–Crippen MR) is 109 cm³/mol. The third kappa shape index (κ3) is 4.26. The van der Waals surface area contributed by atoms with Crippen LogP contribution in [0.2, 0.25) is 0 Å². The first-order valence-corrected chi connectivity index (χ1v) is 8.89. The number of carbonyl (C=O) groups is 1. The molecule has 0 radical (unpaired) electrons. The van der Waals surface area contributed by atoms with Gasteiger partial charge in [0.25, 0.3) is 5.91 Å². The second-order valence-electron chi connectivity index (χ2n) is 6.15. The molecule has 5 heteroatoms. The Labute approximate surface area is 164 Å². The first kappa shape index (κ1) is 19.3. The zero-order valence-corrected chi connectivity index (χ0v) is 16.2. The summed E-state index contributed by atoms with van der Waals surface area (Å²) >= 11 is 0. The van der Waals surface area contributed by atoms with Gasteiger partial charge in [0.1, 0.15) is 5.75 Å². The maximum absolute atomic E-state index is 12.5. The summed E-state index contributed by atoms with van der Waals surface area (Å²) in [7, 11) is 4.72. The van der Waals surface area contributed by atoms with Crippen molar-refractivity contribution in [2.45, 2.75) is 6.54 Å². The zero-order valence-electron chi connectivity index (χ0n) is 16.2. The number of nitrogens with one attached hydrogen (secondary N) is 1. The van der Waals surface area contributed by atoms with Gasteiger partial charge in [-0.3, -0.25) is 4.79 Å². The van der Waals surface area contributed by atoms with Gasteiger partial charge in [0, 0.05) is 23.7 Å². The van der Waals surface area contributed by atoms with Crippen LogP contribution in [-0.2, 0) is 6.54 Å². The molecule has 0 unspecified atom stereocenters. The number of carbonyl (C=O) groups excluding carboxylic acids is 1. The van der Waals surface area contributed by atoms with Gasteiger partial charge in [-0.1, -0.05) is 42.5 Å². The number of hydrogen-bond donors (Lipinski definition) is 1. The van der Waals surface area contributed by atoms with E-state index in [-0.39, 0.29) is 5.91 Å². The summed E-state index contributed by atoms with van der Waals surface area (Å²) in [5, 5.41) is 2.92. The van der Waals surface area contributed by atoms with Crippen molar-refractivity contribution >= 4 is 5.91 Å². The van der Waals surface area contributed by atoms with Crippen molar-refractivity contribution in [3.63, 3.8) is 0 Å². The number of ether oxygens (including phenoxy) is 3. The van der Waals surface area contributed by atoms with E-state index in [9.17, 15) is 4.79 Å². The van der Waals surface area contributed by atoms with Crippen LogP contribution in [0.5, 0.6) is 17.2 Å². The monoisotopic (exact) mass is 377 g/mol. The Morgan fingerprint density at radius 1 is 0.750 bits per heavy atom. The molecule has 3 rings (SSSR count). The minimum atomic E-state index is -0.156.